The molecule has 0 bridgehead atoms. The van der Waals surface area contributed by atoms with E-state index in [1.165, 1.54) is 31.2 Å². The number of halogens is 1. The number of carbonyl (C=O) groups excluding carboxylic acids is 2. The molecule has 2 amide bonds. The predicted molar refractivity (Wildman–Crippen MR) is 94.1 cm³/mol. The highest BCUT2D eigenvalue weighted by molar-refractivity contribution is 5.85. The van der Waals surface area contributed by atoms with Gasteiger partial charge in [-0.05, 0) is 55.8 Å². The molecule has 6 nitrogen and oxygen atoms in total. The average Bonchev–Trinajstić information content (AvgIpc) is 2.63. The Morgan fingerprint density at radius 3 is 2.23 bits per heavy atom. The normalized spacial score (nSPS) is 11.3. The molecule has 2 rings (SSSR count). The molecule has 0 saturated carbocycles. The van der Waals surface area contributed by atoms with Gasteiger partial charge < -0.3 is 9.47 Å². The fourth-order valence-corrected chi connectivity index (χ4v) is 2.10. The van der Waals surface area contributed by atoms with Crippen LogP contribution in [0.2, 0.25) is 0 Å². The molecule has 138 valence electrons. The summed E-state index contributed by atoms with van der Waals surface area (Å²) in [7, 11) is 0. The van der Waals surface area contributed by atoms with Crippen molar-refractivity contribution in [2.24, 2.45) is 0 Å². The summed E-state index contributed by atoms with van der Waals surface area (Å²) in [6.45, 7) is 3.99. The number of amides is 2. The Balaban J connectivity index is 1.76. The van der Waals surface area contributed by atoms with Crippen LogP contribution in [0.5, 0.6) is 11.5 Å². The summed E-state index contributed by atoms with van der Waals surface area (Å²) in [5, 5.41) is 0. The fourth-order valence-electron chi connectivity index (χ4n) is 2.10. The number of rotatable bonds is 7. The number of carbonyl (C=O) groups is 2. The van der Waals surface area contributed by atoms with Crippen molar-refractivity contribution in [3.63, 3.8) is 0 Å². The summed E-state index contributed by atoms with van der Waals surface area (Å²) in [5.41, 5.74) is 5.43. The van der Waals surface area contributed by atoms with Gasteiger partial charge >= 0.3 is 0 Å². The molecule has 0 spiro atoms. The third-order valence-electron chi connectivity index (χ3n) is 3.42. The van der Waals surface area contributed by atoms with Crippen LogP contribution in [-0.2, 0) is 16.0 Å². The monoisotopic (exact) mass is 360 g/mol. The van der Waals surface area contributed by atoms with Gasteiger partial charge in [0.1, 0.15) is 17.3 Å². The van der Waals surface area contributed by atoms with Gasteiger partial charge in [-0.1, -0.05) is 12.1 Å². The lowest BCUT2D eigenvalue weighted by Gasteiger charge is -2.15. The second-order valence-electron chi connectivity index (χ2n) is 5.51. The van der Waals surface area contributed by atoms with Crippen LogP contribution in [0.25, 0.3) is 0 Å². The molecule has 26 heavy (non-hydrogen) atoms. The van der Waals surface area contributed by atoms with Crippen LogP contribution in [0, 0.1) is 5.82 Å². The van der Waals surface area contributed by atoms with E-state index in [0.29, 0.717) is 12.4 Å². The second kappa shape index (κ2) is 9.41. The zero-order valence-electron chi connectivity index (χ0n) is 14.6. The number of hydrazine groups is 1. The minimum absolute atomic E-state index is 0.111. The van der Waals surface area contributed by atoms with E-state index in [1.54, 1.807) is 24.3 Å². The summed E-state index contributed by atoms with van der Waals surface area (Å²) < 4.78 is 23.6. The Morgan fingerprint density at radius 1 is 1.00 bits per heavy atom. The van der Waals surface area contributed by atoms with E-state index in [0.717, 1.165) is 11.3 Å². The summed E-state index contributed by atoms with van der Waals surface area (Å²) in [5.74, 6) is -0.187. The summed E-state index contributed by atoms with van der Waals surface area (Å²) in [6, 6.07) is 12.4. The van der Waals surface area contributed by atoms with E-state index in [-0.39, 0.29) is 12.3 Å². The van der Waals surface area contributed by atoms with Crippen molar-refractivity contribution in [3.8, 4) is 11.5 Å². The van der Waals surface area contributed by atoms with Crippen molar-refractivity contribution in [1.82, 2.24) is 10.9 Å². The molecule has 0 aliphatic rings. The van der Waals surface area contributed by atoms with Gasteiger partial charge in [0.05, 0.1) is 13.0 Å². The van der Waals surface area contributed by atoms with Crippen LogP contribution in [0.15, 0.2) is 48.5 Å². The largest absolute Gasteiger partial charge is 0.494 e. The smallest absolute Gasteiger partial charge is 0.279 e. The Kier molecular flexibility index (Phi) is 6.96. The lowest BCUT2D eigenvalue weighted by molar-refractivity contribution is -0.132. The Bertz CT molecular complexity index is 732. The molecule has 0 aromatic heterocycles. The topological polar surface area (TPSA) is 76.7 Å². The van der Waals surface area contributed by atoms with Crippen LogP contribution in [0.1, 0.15) is 19.4 Å². The predicted octanol–water partition coefficient (Wildman–Crippen LogP) is 2.38. The molecule has 2 N–H and O–H groups in total. The van der Waals surface area contributed by atoms with Crippen molar-refractivity contribution < 1.29 is 23.5 Å². The molecule has 1 atom stereocenters. The molecular weight excluding hydrogens is 339 g/mol. The zero-order chi connectivity index (χ0) is 18.9. The number of benzene rings is 2. The molecule has 0 aliphatic carbocycles. The first-order chi connectivity index (χ1) is 12.5. The number of hydrogen-bond donors (Lipinski definition) is 2. The maximum Gasteiger partial charge on any atom is 0.279 e. The van der Waals surface area contributed by atoms with Gasteiger partial charge in [0.2, 0.25) is 5.91 Å². The van der Waals surface area contributed by atoms with E-state index in [4.69, 9.17) is 9.47 Å². The first-order valence-electron chi connectivity index (χ1n) is 8.20. The van der Waals surface area contributed by atoms with E-state index in [2.05, 4.69) is 10.9 Å². The average molecular weight is 360 g/mol. The van der Waals surface area contributed by atoms with Crippen molar-refractivity contribution in [2.75, 3.05) is 6.61 Å². The quantitative estimate of drug-likeness (QED) is 0.744. The third kappa shape index (κ3) is 6.08. The Hall–Kier alpha value is -3.09. The molecule has 0 aliphatic heterocycles. The molecule has 2 aromatic carbocycles. The maximum absolute atomic E-state index is 12.8. The standard InChI is InChI=1S/C19H21FN2O4/c1-3-25-16-8-4-14(5-9-16)12-18(23)21-22-19(24)13(2)26-17-10-6-15(20)7-11-17/h4-11,13H,3,12H2,1-2H3,(H,21,23)(H,22,24). The van der Waals surface area contributed by atoms with Crippen molar-refractivity contribution in [3.05, 3.63) is 59.9 Å². The minimum Gasteiger partial charge on any atom is -0.494 e. The van der Waals surface area contributed by atoms with Crippen molar-refractivity contribution in [2.45, 2.75) is 26.4 Å². The number of hydrogen-bond acceptors (Lipinski definition) is 4. The van der Waals surface area contributed by atoms with Gasteiger partial charge in [-0.3, -0.25) is 20.4 Å². The third-order valence-corrected chi connectivity index (χ3v) is 3.42. The highest BCUT2D eigenvalue weighted by Crippen LogP contribution is 2.13. The second-order valence-corrected chi connectivity index (χ2v) is 5.51. The van der Waals surface area contributed by atoms with Crippen LogP contribution in [0.4, 0.5) is 4.39 Å². The Morgan fingerprint density at radius 2 is 1.62 bits per heavy atom. The fraction of sp³-hybridized carbons (Fsp3) is 0.263. The molecular formula is C19H21FN2O4. The lowest BCUT2D eigenvalue weighted by atomic mass is 10.1. The van der Waals surface area contributed by atoms with Crippen molar-refractivity contribution in [1.29, 1.82) is 0 Å². The van der Waals surface area contributed by atoms with Crippen LogP contribution < -0.4 is 20.3 Å². The van der Waals surface area contributed by atoms with Gasteiger partial charge in [0, 0.05) is 0 Å². The SMILES string of the molecule is CCOc1ccc(CC(=O)NNC(=O)C(C)Oc2ccc(F)cc2)cc1. The molecule has 0 fully saturated rings. The molecule has 7 heteroatoms. The molecule has 0 radical (unpaired) electrons. The van der Waals surface area contributed by atoms with Crippen molar-refractivity contribution >= 4 is 11.8 Å². The van der Waals surface area contributed by atoms with Gasteiger partial charge in [-0.2, -0.15) is 0 Å². The van der Waals surface area contributed by atoms with E-state index in [1.807, 2.05) is 6.92 Å². The minimum atomic E-state index is -0.855. The van der Waals surface area contributed by atoms with Crippen LogP contribution >= 0.6 is 0 Å². The maximum atomic E-state index is 12.8. The first kappa shape index (κ1) is 19.2. The lowest BCUT2D eigenvalue weighted by Crippen LogP contribution is -2.47. The van der Waals surface area contributed by atoms with Gasteiger partial charge in [-0.25, -0.2) is 4.39 Å². The molecule has 0 saturated heterocycles. The summed E-state index contributed by atoms with van der Waals surface area (Å²) in [6.07, 6.45) is -0.744. The van der Waals surface area contributed by atoms with Gasteiger partial charge in [0.15, 0.2) is 6.10 Å². The molecule has 0 heterocycles. The molecule has 2 aromatic rings. The number of ether oxygens (including phenoxy) is 2. The molecule has 1 unspecified atom stereocenters. The van der Waals surface area contributed by atoms with Crippen LogP contribution in [-0.4, -0.2) is 24.5 Å². The Labute approximate surface area is 151 Å². The highest BCUT2D eigenvalue weighted by Gasteiger charge is 2.15. The van der Waals surface area contributed by atoms with Gasteiger partial charge in [0.25, 0.3) is 5.91 Å². The highest BCUT2D eigenvalue weighted by atomic mass is 19.1. The van der Waals surface area contributed by atoms with E-state index < -0.39 is 17.8 Å². The summed E-state index contributed by atoms with van der Waals surface area (Å²) in [4.78, 5) is 23.9. The number of nitrogens with one attached hydrogen (secondary N) is 2. The zero-order valence-corrected chi connectivity index (χ0v) is 14.6. The first-order valence-corrected chi connectivity index (χ1v) is 8.20. The summed E-state index contributed by atoms with van der Waals surface area (Å²) >= 11 is 0. The van der Waals surface area contributed by atoms with Gasteiger partial charge in [-0.15, -0.1) is 0 Å². The van der Waals surface area contributed by atoms with Crippen LogP contribution in [0.3, 0.4) is 0 Å². The van der Waals surface area contributed by atoms with E-state index in [9.17, 15) is 14.0 Å². The van der Waals surface area contributed by atoms with E-state index >= 15 is 0 Å².